The molecule has 0 fully saturated rings. The van der Waals surface area contributed by atoms with Crippen LogP contribution in [-0.2, 0) is 23.9 Å². The summed E-state index contributed by atoms with van der Waals surface area (Å²) in [5.41, 5.74) is 0. The number of hydrogen-bond acceptors (Lipinski definition) is 5. The van der Waals surface area contributed by atoms with Crippen molar-refractivity contribution in [1.82, 2.24) is 0 Å². The van der Waals surface area contributed by atoms with E-state index in [2.05, 4.69) is 9.47 Å². The normalized spacial score (nSPS) is 11.7. The lowest BCUT2D eigenvalue weighted by Gasteiger charge is -2.12. The highest BCUT2D eigenvalue weighted by Crippen LogP contribution is 2.14. The van der Waals surface area contributed by atoms with Crippen LogP contribution in [0.1, 0.15) is 39.0 Å². The number of rotatable bonds is 8. The molecule has 0 aliphatic rings. The fraction of sp³-hybridized carbons (Fsp3) is 0.750. The summed E-state index contributed by atoms with van der Waals surface area (Å²) in [6, 6.07) is 0. The standard InChI is InChI=1S/C12H20O5/c1-4-10(13)9(12(15)17-3)7-5-6-8-11(14)16-2/h9H,4-8H2,1-3H3. The first-order valence-corrected chi connectivity index (χ1v) is 5.74. The molecule has 0 aromatic heterocycles. The third kappa shape index (κ3) is 6.04. The lowest BCUT2D eigenvalue weighted by molar-refractivity contribution is -0.149. The highest BCUT2D eigenvalue weighted by molar-refractivity contribution is 5.98. The van der Waals surface area contributed by atoms with Crippen LogP contribution in [0.4, 0.5) is 0 Å². The number of ketones is 1. The molecule has 5 heteroatoms. The van der Waals surface area contributed by atoms with E-state index in [1.165, 1.54) is 14.2 Å². The Labute approximate surface area is 101 Å². The van der Waals surface area contributed by atoms with Crippen LogP contribution in [0, 0.1) is 5.92 Å². The van der Waals surface area contributed by atoms with E-state index in [4.69, 9.17) is 0 Å². The van der Waals surface area contributed by atoms with Gasteiger partial charge in [0.1, 0.15) is 11.7 Å². The Kier molecular flexibility index (Phi) is 8.01. The van der Waals surface area contributed by atoms with Gasteiger partial charge >= 0.3 is 11.9 Å². The first kappa shape index (κ1) is 15.6. The van der Waals surface area contributed by atoms with Crippen molar-refractivity contribution in [2.24, 2.45) is 5.92 Å². The van der Waals surface area contributed by atoms with Gasteiger partial charge in [0.05, 0.1) is 14.2 Å². The third-order valence-electron chi connectivity index (χ3n) is 2.57. The zero-order chi connectivity index (χ0) is 13.3. The summed E-state index contributed by atoms with van der Waals surface area (Å²) in [7, 11) is 2.60. The van der Waals surface area contributed by atoms with Crippen LogP contribution in [0.2, 0.25) is 0 Å². The molecule has 0 aliphatic carbocycles. The number of ether oxygens (including phenoxy) is 2. The van der Waals surface area contributed by atoms with Crippen molar-refractivity contribution >= 4 is 17.7 Å². The Morgan fingerprint density at radius 3 is 2.18 bits per heavy atom. The number of carbonyl (C=O) groups is 3. The minimum atomic E-state index is -0.692. The van der Waals surface area contributed by atoms with Gasteiger partial charge in [-0.05, 0) is 12.8 Å². The predicted octanol–water partition coefficient (Wildman–Crippen LogP) is 1.49. The molecule has 0 bridgehead atoms. The number of methoxy groups -OCH3 is 2. The quantitative estimate of drug-likeness (QED) is 0.367. The van der Waals surface area contributed by atoms with Gasteiger partial charge in [0.2, 0.25) is 0 Å². The Balaban J connectivity index is 4.05. The first-order valence-electron chi connectivity index (χ1n) is 5.74. The second-order valence-corrected chi connectivity index (χ2v) is 3.72. The van der Waals surface area contributed by atoms with Gasteiger partial charge in [0.25, 0.3) is 0 Å². The average Bonchev–Trinajstić information content (AvgIpc) is 2.36. The maximum Gasteiger partial charge on any atom is 0.316 e. The Hall–Kier alpha value is -1.39. The van der Waals surface area contributed by atoms with Crippen molar-refractivity contribution in [3.05, 3.63) is 0 Å². The van der Waals surface area contributed by atoms with Crippen molar-refractivity contribution in [2.45, 2.75) is 39.0 Å². The highest BCUT2D eigenvalue weighted by Gasteiger charge is 2.25. The molecule has 0 saturated heterocycles. The summed E-state index contributed by atoms with van der Waals surface area (Å²) in [6.07, 6.45) is 2.29. The van der Waals surface area contributed by atoms with E-state index in [0.29, 0.717) is 32.1 Å². The molecule has 98 valence electrons. The molecular formula is C12H20O5. The van der Waals surface area contributed by atoms with E-state index in [1.54, 1.807) is 6.92 Å². The molecule has 0 saturated carbocycles. The fourth-order valence-corrected chi connectivity index (χ4v) is 1.52. The van der Waals surface area contributed by atoms with Crippen LogP contribution >= 0.6 is 0 Å². The minimum Gasteiger partial charge on any atom is -0.469 e. The van der Waals surface area contributed by atoms with Crippen molar-refractivity contribution in [2.75, 3.05) is 14.2 Å². The van der Waals surface area contributed by atoms with Gasteiger partial charge in [-0.25, -0.2) is 0 Å². The molecule has 1 unspecified atom stereocenters. The van der Waals surface area contributed by atoms with Gasteiger partial charge in [-0.1, -0.05) is 13.3 Å². The van der Waals surface area contributed by atoms with Crippen molar-refractivity contribution < 1.29 is 23.9 Å². The number of unbranched alkanes of at least 4 members (excludes halogenated alkanes) is 1. The van der Waals surface area contributed by atoms with E-state index in [9.17, 15) is 14.4 Å². The van der Waals surface area contributed by atoms with Gasteiger partial charge < -0.3 is 9.47 Å². The summed E-state index contributed by atoms with van der Waals surface area (Å²) in [5, 5.41) is 0. The van der Waals surface area contributed by atoms with E-state index in [0.717, 1.165) is 0 Å². The Bertz CT molecular complexity index is 256. The summed E-state index contributed by atoms with van der Waals surface area (Å²) in [6.45, 7) is 1.72. The van der Waals surface area contributed by atoms with Crippen LogP contribution in [0.15, 0.2) is 0 Å². The van der Waals surface area contributed by atoms with Crippen LogP contribution in [0.5, 0.6) is 0 Å². The molecule has 0 aromatic rings. The van der Waals surface area contributed by atoms with Gasteiger partial charge in [0, 0.05) is 12.8 Å². The molecule has 1 atom stereocenters. The molecule has 0 aliphatic heterocycles. The number of carbonyl (C=O) groups excluding carboxylic acids is 3. The number of esters is 2. The maximum atomic E-state index is 11.5. The number of Topliss-reactive ketones (excluding diaryl/α,β-unsaturated/α-hetero) is 1. The van der Waals surface area contributed by atoms with Crippen LogP contribution in [0.25, 0.3) is 0 Å². The van der Waals surface area contributed by atoms with Crippen molar-refractivity contribution in [3.8, 4) is 0 Å². The Morgan fingerprint density at radius 1 is 1.06 bits per heavy atom. The predicted molar refractivity (Wildman–Crippen MR) is 61.3 cm³/mol. The summed E-state index contributed by atoms with van der Waals surface area (Å²) >= 11 is 0. The SMILES string of the molecule is CCC(=O)C(CCCCC(=O)OC)C(=O)OC. The lowest BCUT2D eigenvalue weighted by atomic mass is 9.95. The molecular weight excluding hydrogens is 224 g/mol. The minimum absolute atomic E-state index is 0.116. The zero-order valence-corrected chi connectivity index (χ0v) is 10.7. The molecule has 0 spiro atoms. The van der Waals surface area contributed by atoms with Crippen LogP contribution < -0.4 is 0 Å². The van der Waals surface area contributed by atoms with Crippen molar-refractivity contribution in [1.29, 1.82) is 0 Å². The molecule has 17 heavy (non-hydrogen) atoms. The lowest BCUT2D eigenvalue weighted by Crippen LogP contribution is -2.24. The van der Waals surface area contributed by atoms with E-state index < -0.39 is 11.9 Å². The van der Waals surface area contributed by atoms with Gasteiger partial charge in [-0.3, -0.25) is 14.4 Å². The first-order chi connectivity index (χ1) is 8.06. The Morgan fingerprint density at radius 2 is 1.71 bits per heavy atom. The van der Waals surface area contributed by atoms with E-state index in [1.807, 2.05) is 0 Å². The largest absolute Gasteiger partial charge is 0.469 e. The smallest absolute Gasteiger partial charge is 0.316 e. The molecule has 0 heterocycles. The van der Waals surface area contributed by atoms with Crippen LogP contribution in [-0.4, -0.2) is 31.9 Å². The van der Waals surface area contributed by atoms with Gasteiger partial charge in [-0.2, -0.15) is 0 Å². The summed E-state index contributed by atoms with van der Waals surface area (Å²) in [5.74, 6) is -1.58. The van der Waals surface area contributed by atoms with E-state index >= 15 is 0 Å². The molecule has 0 aromatic carbocycles. The van der Waals surface area contributed by atoms with Crippen LogP contribution in [0.3, 0.4) is 0 Å². The second-order valence-electron chi connectivity index (χ2n) is 3.72. The topological polar surface area (TPSA) is 69.7 Å². The van der Waals surface area contributed by atoms with E-state index in [-0.39, 0.29) is 11.8 Å². The third-order valence-corrected chi connectivity index (χ3v) is 2.57. The molecule has 0 amide bonds. The van der Waals surface area contributed by atoms with Crippen molar-refractivity contribution in [3.63, 3.8) is 0 Å². The highest BCUT2D eigenvalue weighted by atomic mass is 16.5. The molecule has 5 nitrogen and oxygen atoms in total. The molecule has 0 N–H and O–H groups in total. The summed E-state index contributed by atoms with van der Waals surface area (Å²) in [4.78, 5) is 33.7. The summed E-state index contributed by atoms with van der Waals surface area (Å²) < 4.78 is 9.08. The average molecular weight is 244 g/mol. The molecule has 0 radical (unpaired) electrons. The maximum absolute atomic E-state index is 11.5. The second kappa shape index (κ2) is 8.73. The van der Waals surface area contributed by atoms with Gasteiger partial charge in [-0.15, -0.1) is 0 Å². The monoisotopic (exact) mass is 244 g/mol. The number of hydrogen-bond donors (Lipinski definition) is 0. The van der Waals surface area contributed by atoms with Gasteiger partial charge in [0.15, 0.2) is 0 Å². The zero-order valence-electron chi connectivity index (χ0n) is 10.7. The fourth-order valence-electron chi connectivity index (χ4n) is 1.52. The molecule has 0 rings (SSSR count).